The first-order valence-corrected chi connectivity index (χ1v) is 11.5. The van der Waals surface area contributed by atoms with Crippen LogP contribution >= 0.6 is 0 Å². The Labute approximate surface area is 178 Å². The second-order valence-corrected chi connectivity index (χ2v) is 8.94. The molecule has 2 aromatic rings. The van der Waals surface area contributed by atoms with Crippen molar-refractivity contribution in [2.75, 3.05) is 37.7 Å². The summed E-state index contributed by atoms with van der Waals surface area (Å²) in [5.41, 5.74) is 4.53. The van der Waals surface area contributed by atoms with Crippen LogP contribution in [0, 0.1) is 0 Å². The van der Waals surface area contributed by atoms with Gasteiger partial charge in [-0.3, -0.25) is 9.69 Å². The van der Waals surface area contributed by atoms with E-state index in [9.17, 15) is 4.79 Å². The number of aromatic amines is 1. The van der Waals surface area contributed by atoms with Gasteiger partial charge in [-0.05, 0) is 30.5 Å². The molecule has 160 valence electrons. The van der Waals surface area contributed by atoms with Gasteiger partial charge >= 0.3 is 0 Å². The monoisotopic (exact) mass is 408 g/mol. The molecule has 2 fully saturated rings. The molecule has 0 atom stereocenters. The summed E-state index contributed by atoms with van der Waals surface area (Å²) in [4.78, 5) is 25.6. The molecular formula is C24H32N4O2. The van der Waals surface area contributed by atoms with E-state index in [0.29, 0.717) is 12.5 Å². The fraction of sp³-hybridized carbons (Fsp3) is 0.583. The Morgan fingerprint density at radius 3 is 2.57 bits per heavy atom. The van der Waals surface area contributed by atoms with E-state index in [2.05, 4.69) is 39.0 Å². The van der Waals surface area contributed by atoms with Crippen molar-refractivity contribution in [1.82, 2.24) is 14.9 Å². The minimum Gasteiger partial charge on any atom is -0.378 e. The molecule has 1 aliphatic carbocycles. The fourth-order valence-corrected chi connectivity index (χ4v) is 5.10. The molecule has 0 radical (unpaired) electrons. The SMILES string of the molecule is O=c1[nH]c(C2CCCCC2)nc2c1CN(Cc1ccc(N3CCOCC3)cc1)CC2. The molecule has 0 amide bonds. The largest absolute Gasteiger partial charge is 0.378 e. The van der Waals surface area contributed by atoms with Crippen molar-refractivity contribution in [2.24, 2.45) is 0 Å². The van der Waals surface area contributed by atoms with Gasteiger partial charge in [-0.25, -0.2) is 4.98 Å². The standard InChI is InChI=1S/C24H32N4O2/c29-24-21-17-27(11-10-22(21)25-23(26-24)19-4-2-1-3-5-19)16-18-6-8-20(9-7-18)28-12-14-30-15-13-28/h6-9,19H,1-5,10-17H2,(H,25,26,29). The highest BCUT2D eigenvalue weighted by molar-refractivity contribution is 5.48. The third-order valence-electron chi connectivity index (χ3n) is 6.88. The zero-order chi connectivity index (χ0) is 20.3. The molecule has 5 rings (SSSR count). The predicted molar refractivity (Wildman–Crippen MR) is 118 cm³/mol. The summed E-state index contributed by atoms with van der Waals surface area (Å²) in [5.74, 6) is 1.38. The van der Waals surface area contributed by atoms with Gasteiger partial charge in [-0.1, -0.05) is 31.4 Å². The molecule has 30 heavy (non-hydrogen) atoms. The molecule has 1 N–H and O–H groups in total. The molecule has 1 saturated carbocycles. The summed E-state index contributed by atoms with van der Waals surface area (Å²) in [5, 5.41) is 0. The Balaban J connectivity index is 1.25. The van der Waals surface area contributed by atoms with Gasteiger partial charge in [0.15, 0.2) is 0 Å². The molecule has 1 saturated heterocycles. The molecule has 1 aromatic carbocycles. The van der Waals surface area contributed by atoms with Crippen molar-refractivity contribution < 1.29 is 4.74 Å². The van der Waals surface area contributed by atoms with Gasteiger partial charge in [0.2, 0.25) is 0 Å². The lowest BCUT2D eigenvalue weighted by Gasteiger charge is -2.30. The molecule has 0 unspecified atom stereocenters. The van der Waals surface area contributed by atoms with E-state index in [-0.39, 0.29) is 5.56 Å². The van der Waals surface area contributed by atoms with Gasteiger partial charge in [0.1, 0.15) is 5.82 Å². The third-order valence-corrected chi connectivity index (χ3v) is 6.88. The summed E-state index contributed by atoms with van der Waals surface area (Å²) < 4.78 is 5.44. The van der Waals surface area contributed by atoms with Crippen molar-refractivity contribution in [2.45, 2.75) is 57.5 Å². The Morgan fingerprint density at radius 2 is 1.80 bits per heavy atom. The average molecular weight is 409 g/mol. The van der Waals surface area contributed by atoms with E-state index in [0.717, 1.165) is 75.7 Å². The molecular weight excluding hydrogens is 376 g/mol. The molecule has 0 spiro atoms. The van der Waals surface area contributed by atoms with Crippen LogP contribution in [0.4, 0.5) is 5.69 Å². The van der Waals surface area contributed by atoms with Gasteiger partial charge in [-0.15, -0.1) is 0 Å². The van der Waals surface area contributed by atoms with E-state index in [4.69, 9.17) is 9.72 Å². The number of hydrogen-bond acceptors (Lipinski definition) is 5. The number of hydrogen-bond donors (Lipinski definition) is 1. The highest BCUT2D eigenvalue weighted by Crippen LogP contribution is 2.31. The number of benzene rings is 1. The molecule has 1 aromatic heterocycles. The maximum absolute atomic E-state index is 12.8. The van der Waals surface area contributed by atoms with Crippen LogP contribution in [-0.4, -0.2) is 47.7 Å². The molecule has 6 heteroatoms. The zero-order valence-electron chi connectivity index (χ0n) is 17.7. The van der Waals surface area contributed by atoms with Crippen LogP contribution in [0.15, 0.2) is 29.1 Å². The smallest absolute Gasteiger partial charge is 0.255 e. The summed E-state index contributed by atoms with van der Waals surface area (Å²) >= 11 is 0. The lowest BCUT2D eigenvalue weighted by atomic mass is 9.88. The molecule has 3 heterocycles. The van der Waals surface area contributed by atoms with Crippen molar-refractivity contribution in [3.8, 4) is 0 Å². The van der Waals surface area contributed by atoms with Crippen molar-refractivity contribution in [3.05, 3.63) is 57.3 Å². The number of fused-ring (bicyclic) bond motifs is 1. The Hall–Kier alpha value is -2.18. The number of ether oxygens (including phenoxy) is 1. The number of aromatic nitrogens is 2. The average Bonchev–Trinajstić information content (AvgIpc) is 2.81. The third kappa shape index (κ3) is 4.30. The van der Waals surface area contributed by atoms with E-state index >= 15 is 0 Å². The highest BCUT2D eigenvalue weighted by Gasteiger charge is 2.24. The second kappa shape index (κ2) is 8.90. The van der Waals surface area contributed by atoms with Gasteiger partial charge in [-0.2, -0.15) is 0 Å². The predicted octanol–water partition coefficient (Wildman–Crippen LogP) is 3.21. The summed E-state index contributed by atoms with van der Waals surface area (Å²) in [6, 6.07) is 8.86. The maximum Gasteiger partial charge on any atom is 0.255 e. The van der Waals surface area contributed by atoms with Crippen LogP contribution in [0.1, 0.15) is 60.7 Å². The maximum atomic E-state index is 12.8. The first-order valence-electron chi connectivity index (χ1n) is 11.5. The quantitative estimate of drug-likeness (QED) is 0.842. The number of H-pyrrole nitrogens is 1. The Kier molecular flexibility index (Phi) is 5.86. The van der Waals surface area contributed by atoms with Gasteiger partial charge < -0.3 is 14.6 Å². The van der Waals surface area contributed by atoms with Crippen molar-refractivity contribution in [1.29, 1.82) is 0 Å². The second-order valence-electron chi connectivity index (χ2n) is 8.94. The number of morpholine rings is 1. The number of rotatable bonds is 4. The van der Waals surface area contributed by atoms with Crippen LogP contribution < -0.4 is 10.5 Å². The molecule has 2 aliphatic heterocycles. The van der Waals surface area contributed by atoms with Crippen molar-refractivity contribution in [3.63, 3.8) is 0 Å². The fourth-order valence-electron chi connectivity index (χ4n) is 5.10. The number of nitrogens with one attached hydrogen (secondary N) is 1. The Bertz CT molecular complexity index is 912. The molecule has 3 aliphatic rings. The van der Waals surface area contributed by atoms with Crippen LogP contribution in [0.5, 0.6) is 0 Å². The van der Waals surface area contributed by atoms with E-state index in [1.165, 1.54) is 30.5 Å². The molecule has 0 bridgehead atoms. The highest BCUT2D eigenvalue weighted by atomic mass is 16.5. The number of anilines is 1. The van der Waals surface area contributed by atoms with E-state index < -0.39 is 0 Å². The molecule has 6 nitrogen and oxygen atoms in total. The van der Waals surface area contributed by atoms with E-state index in [1.54, 1.807) is 0 Å². The minimum atomic E-state index is 0.0768. The van der Waals surface area contributed by atoms with Crippen LogP contribution in [0.3, 0.4) is 0 Å². The topological polar surface area (TPSA) is 61.5 Å². The first-order chi connectivity index (χ1) is 14.8. The van der Waals surface area contributed by atoms with Crippen LogP contribution in [0.25, 0.3) is 0 Å². The van der Waals surface area contributed by atoms with E-state index in [1.807, 2.05) is 0 Å². The minimum absolute atomic E-state index is 0.0768. The lowest BCUT2D eigenvalue weighted by Crippen LogP contribution is -2.36. The Morgan fingerprint density at radius 1 is 1.03 bits per heavy atom. The van der Waals surface area contributed by atoms with Gasteiger partial charge in [0, 0.05) is 50.7 Å². The number of nitrogens with zero attached hydrogens (tertiary/aromatic N) is 3. The first kappa shape index (κ1) is 19.8. The summed E-state index contributed by atoms with van der Waals surface area (Å²) in [7, 11) is 0. The van der Waals surface area contributed by atoms with Crippen LogP contribution in [-0.2, 0) is 24.2 Å². The van der Waals surface area contributed by atoms with Gasteiger partial charge in [0.25, 0.3) is 5.56 Å². The normalized spacial score (nSPS) is 20.9. The zero-order valence-corrected chi connectivity index (χ0v) is 17.7. The summed E-state index contributed by atoms with van der Waals surface area (Å²) in [6.45, 7) is 6.04. The van der Waals surface area contributed by atoms with Gasteiger partial charge in [0.05, 0.1) is 24.5 Å². The van der Waals surface area contributed by atoms with Crippen LogP contribution in [0.2, 0.25) is 0 Å². The lowest BCUT2D eigenvalue weighted by molar-refractivity contribution is 0.122. The van der Waals surface area contributed by atoms with Crippen molar-refractivity contribution >= 4 is 5.69 Å². The summed E-state index contributed by atoms with van der Waals surface area (Å²) in [6.07, 6.45) is 7.01.